The van der Waals surface area contributed by atoms with Gasteiger partial charge in [-0.1, -0.05) is 13.8 Å². The number of ether oxygens (including phenoxy) is 1. The lowest BCUT2D eigenvalue weighted by molar-refractivity contribution is 0.123. The number of aryl methyl sites for hydroxylation is 1. The van der Waals surface area contributed by atoms with E-state index in [2.05, 4.69) is 30.5 Å². The predicted molar refractivity (Wildman–Crippen MR) is 70.0 cm³/mol. The van der Waals surface area contributed by atoms with E-state index < -0.39 is 0 Å². The summed E-state index contributed by atoms with van der Waals surface area (Å²) in [5, 5.41) is 7.86. The van der Waals surface area contributed by atoms with Gasteiger partial charge in [-0.2, -0.15) is 5.10 Å². The lowest BCUT2D eigenvalue weighted by Crippen LogP contribution is -2.26. The second kappa shape index (κ2) is 8.25. The summed E-state index contributed by atoms with van der Waals surface area (Å²) in [6.07, 6.45) is 6.31. The van der Waals surface area contributed by atoms with Gasteiger partial charge in [-0.25, -0.2) is 0 Å². The summed E-state index contributed by atoms with van der Waals surface area (Å²) in [6, 6.07) is 0.264. The van der Waals surface area contributed by atoms with Gasteiger partial charge < -0.3 is 10.1 Å². The van der Waals surface area contributed by atoms with Gasteiger partial charge >= 0.3 is 0 Å². The third kappa shape index (κ3) is 4.88. The van der Waals surface area contributed by atoms with Crippen molar-refractivity contribution in [2.45, 2.75) is 46.2 Å². The van der Waals surface area contributed by atoms with Crippen molar-refractivity contribution in [2.24, 2.45) is 0 Å². The van der Waals surface area contributed by atoms with Crippen molar-refractivity contribution in [3.8, 4) is 0 Å². The lowest BCUT2D eigenvalue weighted by atomic mass is 10.1. The zero-order valence-corrected chi connectivity index (χ0v) is 11.3. The molecule has 0 amide bonds. The third-order valence-electron chi connectivity index (χ3n) is 2.64. The number of hydrogen-bond acceptors (Lipinski definition) is 3. The Bertz CT molecular complexity index is 291. The van der Waals surface area contributed by atoms with Gasteiger partial charge in [-0.15, -0.1) is 0 Å². The highest BCUT2D eigenvalue weighted by atomic mass is 16.5. The number of hydrogen-bond donors (Lipinski definition) is 1. The van der Waals surface area contributed by atoms with Crippen molar-refractivity contribution in [1.29, 1.82) is 0 Å². The zero-order chi connectivity index (χ0) is 12.5. The fourth-order valence-electron chi connectivity index (χ4n) is 1.74. The van der Waals surface area contributed by atoms with Crippen molar-refractivity contribution >= 4 is 0 Å². The van der Waals surface area contributed by atoms with Crippen LogP contribution >= 0.6 is 0 Å². The number of rotatable bonds is 9. The van der Waals surface area contributed by atoms with Crippen LogP contribution in [0.3, 0.4) is 0 Å². The minimum absolute atomic E-state index is 0.264. The molecule has 1 rings (SSSR count). The second-order valence-corrected chi connectivity index (χ2v) is 4.20. The Kier molecular flexibility index (Phi) is 6.89. The molecule has 1 unspecified atom stereocenters. The fourth-order valence-corrected chi connectivity index (χ4v) is 1.74. The van der Waals surface area contributed by atoms with E-state index in [1.807, 2.05) is 17.8 Å². The summed E-state index contributed by atoms with van der Waals surface area (Å²) >= 11 is 0. The highest BCUT2D eigenvalue weighted by Crippen LogP contribution is 2.12. The normalized spacial score (nSPS) is 12.9. The quantitative estimate of drug-likeness (QED) is 0.719. The first-order valence-electron chi connectivity index (χ1n) is 6.65. The first-order chi connectivity index (χ1) is 8.31. The summed E-state index contributed by atoms with van der Waals surface area (Å²) in [7, 11) is 0. The van der Waals surface area contributed by atoms with Gasteiger partial charge in [0, 0.05) is 24.9 Å². The van der Waals surface area contributed by atoms with E-state index in [0.29, 0.717) is 6.61 Å². The van der Waals surface area contributed by atoms with Gasteiger partial charge in [0.15, 0.2) is 0 Å². The van der Waals surface area contributed by atoms with Gasteiger partial charge in [0.05, 0.1) is 18.8 Å². The molecule has 1 aromatic heterocycles. The second-order valence-electron chi connectivity index (χ2n) is 4.20. The predicted octanol–water partition coefficient (Wildman–Crippen LogP) is 2.37. The Morgan fingerprint density at radius 3 is 2.82 bits per heavy atom. The third-order valence-corrected chi connectivity index (χ3v) is 2.64. The first kappa shape index (κ1) is 14.2. The van der Waals surface area contributed by atoms with E-state index in [4.69, 9.17) is 4.74 Å². The van der Waals surface area contributed by atoms with Gasteiger partial charge in [0.2, 0.25) is 0 Å². The zero-order valence-electron chi connectivity index (χ0n) is 11.3. The topological polar surface area (TPSA) is 39.1 Å². The molecule has 0 aliphatic heterocycles. The molecule has 0 aromatic carbocycles. The summed E-state index contributed by atoms with van der Waals surface area (Å²) in [4.78, 5) is 0. The molecule has 0 fully saturated rings. The molecule has 1 atom stereocenters. The van der Waals surface area contributed by atoms with Crippen LogP contribution in [0.4, 0.5) is 0 Å². The van der Waals surface area contributed by atoms with E-state index in [0.717, 1.165) is 32.5 Å². The van der Waals surface area contributed by atoms with Crippen molar-refractivity contribution in [3.05, 3.63) is 18.0 Å². The minimum Gasteiger partial charge on any atom is -0.380 e. The van der Waals surface area contributed by atoms with Crippen molar-refractivity contribution in [2.75, 3.05) is 19.8 Å². The summed E-state index contributed by atoms with van der Waals surface area (Å²) in [6.45, 7) is 9.82. The highest BCUT2D eigenvalue weighted by Gasteiger charge is 2.12. The van der Waals surface area contributed by atoms with E-state index in [1.165, 1.54) is 5.56 Å². The van der Waals surface area contributed by atoms with E-state index in [9.17, 15) is 0 Å². The van der Waals surface area contributed by atoms with Crippen molar-refractivity contribution in [1.82, 2.24) is 15.1 Å². The largest absolute Gasteiger partial charge is 0.380 e. The molecule has 4 nitrogen and oxygen atoms in total. The Labute approximate surface area is 104 Å². The van der Waals surface area contributed by atoms with Crippen LogP contribution in [0, 0.1) is 0 Å². The van der Waals surface area contributed by atoms with Crippen LogP contribution in [-0.4, -0.2) is 29.5 Å². The SMILES string of the molecule is CCCNC(COCC)c1cnn(CCC)c1. The molecule has 1 N–H and O–H groups in total. The average molecular weight is 239 g/mol. The monoisotopic (exact) mass is 239 g/mol. The van der Waals surface area contributed by atoms with E-state index >= 15 is 0 Å². The Morgan fingerprint density at radius 2 is 2.18 bits per heavy atom. The Morgan fingerprint density at radius 1 is 1.35 bits per heavy atom. The van der Waals surface area contributed by atoms with Crippen LogP contribution in [-0.2, 0) is 11.3 Å². The van der Waals surface area contributed by atoms with Crippen LogP contribution in [0.1, 0.15) is 45.2 Å². The molecular formula is C13H25N3O. The summed E-state index contributed by atoms with van der Waals surface area (Å²) in [5.74, 6) is 0. The highest BCUT2D eigenvalue weighted by molar-refractivity contribution is 5.10. The molecule has 0 spiro atoms. The fraction of sp³-hybridized carbons (Fsp3) is 0.769. The average Bonchev–Trinajstić information content (AvgIpc) is 2.78. The van der Waals surface area contributed by atoms with Crippen LogP contribution < -0.4 is 5.32 Å². The van der Waals surface area contributed by atoms with Crippen LogP contribution in [0.5, 0.6) is 0 Å². The summed E-state index contributed by atoms with van der Waals surface area (Å²) < 4.78 is 7.52. The van der Waals surface area contributed by atoms with E-state index in [-0.39, 0.29) is 6.04 Å². The minimum atomic E-state index is 0.264. The van der Waals surface area contributed by atoms with Gasteiger partial charge in [-0.05, 0) is 26.3 Å². The Balaban J connectivity index is 2.58. The molecule has 0 saturated carbocycles. The molecular weight excluding hydrogens is 214 g/mol. The number of nitrogens with zero attached hydrogens (tertiary/aromatic N) is 2. The smallest absolute Gasteiger partial charge is 0.0662 e. The van der Waals surface area contributed by atoms with Crippen molar-refractivity contribution in [3.63, 3.8) is 0 Å². The molecule has 0 aliphatic carbocycles. The summed E-state index contributed by atoms with van der Waals surface area (Å²) in [5.41, 5.74) is 1.22. The van der Waals surface area contributed by atoms with Crippen LogP contribution in [0.25, 0.3) is 0 Å². The maximum atomic E-state index is 5.52. The van der Waals surface area contributed by atoms with Gasteiger partial charge in [-0.3, -0.25) is 4.68 Å². The first-order valence-corrected chi connectivity index (χ1v) is 6.65. The lowest BCUT2D eigenvalue weighted by Gasteiger charge is -2.16. The molecule has 0 aliphatic rings. The Hall–Kier alpha value is -0.870. The van der Waals surface area contributed by atoms with E-state index in [1.54, 1.807) is 0 Å². The van der Waals surface area contributed by atoms with Gasteiger partial charge in [0.1, 0.15) is 0 Å². The van der Waals surface area contributed by atoms with Crippen LogP contribution in [0.15, 0.2) is 12.4 Å². The molecule has 0 radical (unpaired) electrons. The molecule has 1 aromatic rings. The maximum absolute atomic E-state index is 5.52. The van der Waals surface area contributed by atoms with Crippen LogP contribution in [0.2, 0.25) is 0 Å². The standard InChI is InChI=1S/C13H25N3O/c1-4-7-14-13(11-17-6-3)12-9-15-16(10-12)8-5-2/h9-10,13-14H,4-8,11H2,1-3H3. The number of aromatic nitrogens is 2. The molecule has 17 heavy (non-hydrogen) atoms. The molecule has 0 saturated heterocycles. The maximum Gasteiger partial charge on any atom is 0.0662 e. The molecule has 0 bridgehead atoms. The molecule has 1 heterocycles. The van der Waals surface area contributed by atoms with Gasteiger partial charge in [0.25, 0.3) is 0 Å². The van der Waals surface area contributed by atoms with Crippen molar-refractivity contribution < 1.29 is 4.74 Å². The number of nitrogens with one attached hydrogen (secondary N) is 1. The molecule has 98 valence electrons. The molecule has 4 heteroatoms.